The zero-order valence-electron chi connectivity index (χ0n) is 16.9. The first-order valence-corrected chi connectivity index (χ1v) is 10.5. The number of carbonyl (C=O) groups is 1. The summed E-state index contributed by atoms with van der Waals surface area (Å²) in [6, 6.07) is 0.356. The van der Waals surface area contributed by atoms with Crippen molar-refractivity contribution in [2.45, 2.75) is 83.1 Å². The molecule has 1 amide bonds. The first-order chi connectivity index (χ1) is 13.5. The van der Waals surface area contributed by atoms with Crippen molar-refractivity contribution >= 4 is 17.7 Å². The second-order valence-corrected chi connectivity index (χ2v) is 8.09. The van der Waals surface area contributed by atoms with Crippen LogP contribution >= 0.6 is 0 Å². The molecule has 8 nitrogen and oxygen atoms in total. The summed E-state index contributed by atoms with van der Waals surface area (Å²) < 4.78 is 5.70. The van der Waals surface area contributed by atoms with E-state index in [4.69, 9.17) is 10.5 Å². The number of aromatic nitrogens is 2. The van der Waals surface area contributed by atoms with Crippen molar-refractivity contribution in [2.75, 3.05) is 17.2 Å². The van der Waals surface area contributed by atoms with Crippen LogP contribution in [-0.4, -0.2) is 51.9 Å². The van der Waals surface area contributed by atoms with E-state index < -0.39 is 5.91 Å². The highest BCUT2D eigenvalue weighted by Gasteiger charge is 2.28. The van der Waals surface area contributed by atoms with Crippen LogP contribution in [0.4, 0.5) is 11.8 Å². The Morgan fingerprint density at radius 3 is 2.57 bits per heavy atom. The minimum Gasteiger partial charge on any atom is -0.393 e. The van der Waals surface area contributed by atoms with Gasteiger partial charge in [-0.3, -0.25) is 4.79 Å². The van der Waals surface area contributed by atoms with Gasteiger partial charge in [0.2, 0.25) is 5.95 Å². The maximum Gasteiger partial charge on any atom is 0.254 e. The van der Waals surface area contributed by atoms with Crippen LogP contribution in [0.5, 0.6) is 0 Å². The van der Waals surface area contributed by atoms with E-state index in [-0.39, 0.29) is 17.7 Å². The zero-order chi connectivity index (χ0) is 20.1. The summed E-state index contributed by atoms with van der Waals surface area (Å²) in [7, 11) is 0. The lowest BCUT2D eigenvalue weighted by atomic mass is 9.85. The van der Waals surface area contributed by atoms with Crippen LogP contribution in [0.25, 0.3) is 0 Å². The molecule has 156 valence electrons. The zero-order valence-corrected chi connectivity index (χ0v) is 16.9. The molecule has 0 bridgehead atoms. The first kappa shape index (κ1) is 20.8. The predicted octanol–water partition coefficient (Wildman–Crippen LogP) is 2.30. The lowest BCUT2D eigenvalue weighted by Crippen LogP contribution is -2.36. The highest BCUT2D eigenvalue weighted by Crippen LogP contribution is 2.28. The number of aliphatic hydroxyl groups excluding tert-OH is 1. The van der Waals surface area contributed by atoms with Crippen molar-refractivity contribution in [1.82, 2.24) is 9.97 Å². The van der Waals surface area contributed by atoms with Crippen LogP contribution in [0.1, 0.15) is 69.2 Å². The van der Waals surface area contributed by atoms with Gasteiger partial charge in [-0.1, -0.05) is 6.92 Å². The number of ether oxygens (including phenoxy) is 1. The van der Waals surface area contributed by atoms with E-state index >= 15 is 0 Å². The maximum absolute atomic E-state index is 11.8. The maximum atomic E-state index is 11.8. The van der Waals surface area contributed by atoms with Crippen molar-refractivity contribution in [1.29, 1.82) is 0 Å². The monoisotopic (exact) mass is 391 g/mol. The average Bonchev–Trinajstić information content (AvgIpc) is 2.66. The fraction of sp³-hybridized carbons (Fsp3) is 0.750. The van der Waals surface area contributed by atoms with E-state index in [0.717, 1.165) is 45.1 Å². The second-order valence-electron chi connectivity index (χ2n) is 8.09. The molecular formula is C20H33N5O3. The van der Waals surface area contributed by atoms with Crippen LogP contribution in [-0.2, 0) is 4.74 Å². The Kier molecular flexibility index (Phi) is 7.07. The number of aliphatic hydroxyl groups is 1. The Hall–Kier alpha value is -1.93. The van der Waals surface area contributed by atoms with E-state index in [1.807, 2.05) is 6.92 Å². The van der Waals surface area contributed by atoms with E-state index in [0.29, 0.717) is 36.3 Å². The molecule has 3 rings (SSSR count). The molecule has 0 spiro atoms. The molecule has 0 radical (unpaired) electrons. The van der Waals surface area contributed by atoms with Gasteiger partial charge in [0, 0.05) is 24.9 Å². The summed E-state index contributed by atoms with van der Waals surface area (Å²) >= 11 is 0. The molecule has 0 unspecified atom stereocenters. The molecule has 1 aromatic heterocycles. The number of primary amides is 1. The Morgan fingerprint density at radius 2 is 1.93 bits per heavy atom. The van der Waals surface area contributed by atoms with Gasteiger partial charge in [-0.15, -0.1) is 0 Å². The molecule has 1 heterocycles. The van der Waals surface area contributed by atoms with Crippen molar-refractivity contribution in [2.24, 2.45) is 11.7 Å². The third-order valence-electron chi connectivity index (χ3n) is 5.96. The fourth-order valence-corrected chi connectivity index (χ4v) is 4.16. The Bertz CT molecular complexity index is 663. The number of hydrogen-bond donors (Lipinski definition) is 4. The largest absolute Gasteiger partial charge is 0.393 e. The van der Waals surface area contributed by atoms with Gasteiger partial charge in [-0.25, -0.2) is 4.98 Å². The van der Waals surface area contributed by atoms with Gasteiger partial charge in [0.1, 0.15) is 5.82 Å². The molecule has 0 aromatic carbocycles. The van der Waals surface area contributed by atoms with Crippen molar-refractivity contribution < 1.29 is 14.6 Å². The molecule has 2 fully saturated rings. The standard InChI is InChI=1S/C20H33N5O3/c1-3-28-15-8-6-13(7-9-15)24-20-22-11-16(18(21)27)19(25-20)23-14-5-4-12(2)17(26)10-14/h11-15,17,26H,3-10H2,1-2H3,(H2,21,27)(H2,22,23,24,25)/t12-,13?,14-,15?,17-/m1/s1. The number of carbonyl (C=O) groups excluding carboxylic acids is 1. The highest BCUT2D eigenvalue weighted by atomic mass is 16.5. The quantitative estimate of drug-likeness (QED) is 0.562. The van der Waals surface area contributed by atoms with Crippen LogP contribution in [0.15, 0.2) is 6.20 Å². The molecule has 2 aliphatic rings. The van der Waals surface area contributed by atoms with Gasteiger partial charge in [-0.2, -0.15) is 4.98 Å². The van der Waals surface area contributed by atoms with Crippen LogP contribution in [0.3, 0.4) is 0 Å². The molecule has 5 N–H and O–H groups in total. The normalized spacial score (nSPS) is 30.6. The highest BCUT2D eigenvalue weighted by molar-refractivity contribution is 5.97. The molecule has 2 aliphatic carbocycles. The molecule has 3 atom stereocenters. The van der Waals surface area contributed by atoms with Crippen LogP contribution in [0.2, 0.25) is 0 Å². The smallest absolute Gasteiger partial charge is 0.254 e. The topological polar surface area (TPSA) is 122 Å². The molecule has 1 aromatic rings. The summed E-state index contributed by atoms with van der Waals surface area (Å²) in [4.78, 5) is 20.6. The molecule has 8 heteroatoms. The Morgan fingerprint density at radius 1 is 1.21 bits per heavy atom. The number of amides is 1. The first-order valence-electron chi connectivity index (χ1n) is 10.5. The van der Waals surface area contributed by atoms with E-state index in [2.05, 4.69) is 27.5 Å². The van der Waals surface area contributed by atoms with Crippen LogP contribution < -0.4 is 16.4 Å². The van der Waals surface area contributed by atoms with E-state index in [1.54, 1.807) is 0 Å². The lowest BCUT2D eigenvalue weighted by molar-refractivity contribution is 0.0346. The minimum absolute atomic E-state index is 0.0636. The minimum atomic E-state index is -0.559. The number of rotatable bonds is 7. The Labute approximate surface area is 166 Å². The summed E-state index contributed by atoms with van der Waals surface area (Å²) in [5.74, 6) is 0.677. The summed E-state index contributed by atoms with van der Waals surface area (Å²) in [6.45, 7) is 4.84. The van der Waals surface area contributed by atoms with E-state index in [1.165, 1.54) is 6.20 Å². The summed E-state index contributed by atoms with van der Waals surface area (Å²) in [5, 5.41) is 16.8. The number of nitrogens with zero attached hydrogens (tertiary/aromatic N) is 2. The van der Waals surface area contributed by atoms with Crippen molar-refractivity contribution in [3.63, 3.8) is 0 Å². The number of nitrogens with two attached hydrogens (primary N) is 1. The predicted molar refractivity (Wildman–Crippen MR) is 108 cm³/mol. The van der Waals surface area contributed by atoms with Gasteiger partial charge in [0.25, 0.3) is 5.91 Å². The summed E-state index contributed by atoms with van der Waals surface area (Å²) in [5.41, 5.74) is 5.78. The van der Waals surface area contributed by atoms with Crippen molar-refractivity contribution in [3.05, 3.63) is 11.8 Å². The van der Waals surface area contributed by atoms with Crippen molar-refractivity contribution in [3.8, 4) is 0 Å². The molecule has 0 aliphatic heterocycles. The van der Waals surface area contributed by atoms with Gasteiger partial charge >= 0.3 is 0 Å². The van der Waals surface area contributed by atoms with Gasteiger partial charge in [-0.05, 0) is 57.8 Å². The fourth-order valence-electron chi connectivity index (χ4n) is 4.16. The van der Waals surface area contributed by atoms with E-state index in [9.17, 15) is 9.90 Å². The van der Waals surface area contributed by atoms with Gasteiger partial charge < -0.3 is 26.2 Å². The molecule has 0 saturated heterocycles. The SMILES string of the molecule is CCOC1CCC(Nc2ncc(C(N)=O)c(N[C@@H]3CC[C@@H](C)[C@H](O)C3)n2)CC1. The third-order valence-corrected chi connectivity index (χ3v) is 5.96. The molecule has 28 heavy (non-hydrogen) atoms. The average molecular weight is 392 g/mol. The third kappa shape index (κ3) is 5.32. The van der Waals surface area contributed by atoms with Gasteiger partial charge in [0.15, 0.2) is 0 Å². The number of nitrogens with one attached hydrogen (secondary N) is 2. The number of hydrogen-bond acceptors (Lipinski definition) is 7. The lowest BCUT2D eigenvalue weighted by Gasteiger charge is -2.32. The summed E-state index contributed by atoms with van der Waals surface area (Å²) in [6.07, 6.45) is 8.02. The molecule has 2 saturated carbocycles. The second kappa shape index (κ2) is 9.52. The van der Waals surface area contributed by atoms with Crippen LogP contribution in [0, 0.1) is 5.92 Å². The Balaban J connectivity index is 1.65. The van der Waals surface area contributed by atoms with Gasteiger partial charge in [0.05, 0.1) is 17.8 Å². The number of anilines is 2. The molecular weight excluding hydrogens is 358 g/mol.